The van der Waals surface area contributed by atoms with Crippen LogP contribution in [0.25, 0.3) is 0 Å². The molecular weight excluding hydrogens is 462 g/mol. The van der Waals surface area contributed by atoms with Gasteiger partial charge < -0.3 is 25.8 Å². The standard InChI is InChI=1S/C26H37N5O5/c1-3-36-23(32)21-19(28-25(34)29-22(21)18-9-5-6-10-20(18)35-2)17-30-15-11-26(12-16-30,24(27)33)31-13-7-4-8-14-31/h5-6,9-10,22H,3-4,7-8,11-17H2,1-2H3,(H2,27,33)(H2,28,29,34). The first kappa shape index (κ1) is 26.0. The number of esters is 1. The van der Waals surface area contributed by atoms with Crippen LogP contribution in [0.5, 0.6) is 5.75 Å². The molecule has 10 heteroatoms. The SMILES string of the molecule is CCOC(=O)C1=C(CN2CCC(C(N)=O)(N3CCCCC3)CC2)NC(=O)NC1c1ccccc1OC. The van der Waals surface area contributed by atoms with Gasteiger partial charge in [-0.05, 0) is 51.8 Å². The normalized spacial score (nSPS) is 22.9. The van der Waals surface area contributed by atoms with E-state index < -0.39 is 23.6 Å². The van der Waals surface area contributed by atoms with Crippen molar-refractivity contribution < 1.29 is 23.9 Å². The molecule has 0 aromatic heterocycles. The van der Waals surface area contributed by atoms with Gasteiger partial charge in [-0.2, -0.15) is 0 Å². The number of hydrogen-bond donors (Lipinski definition) is 3. The molecule has 1 aromatic carbocycles. The van der Waals surface area contributed by atoms with Crippen molar-refractivity contribution in [1.29, 1.82) is 0 Å². The van der Waals surface area contributed by atoms with E-state index in [1.807, 2.05) is 18.2 Å². The van der Waals surface area contributed by atoms with Crippen LogP contribution in [-0.4, -0.2) is 79.7 Å². The lowest BCUT2D eigenvalue weighted by molar-refractivity contribution is -0.139. The summed E-state index contributed by atoms with van der Waals surface area (Å²) in [5.41, 5.74) is 6.83. The third-order valence-corrected chi connectivity index (χ3v) is 7.58. The number of piperidine rings is 2. The Labute approximate surface area is 212 Å². The average Bonchev–Trinajstić information content (AvgIpc) is 2.89. The molecule has 4 N–H and O–H groups in total. The molecule has 1 aromatic rings. The summed E-state index contributed by atoms with van der Waals surface area (Å²) in [4.78, 5) is 42.9. The minimum absolute atomic E-state index is 0.211. The second-order valence-electron chi connectivity index (χ2n) is 9.61. The number of nitrogens with two attached hydrogens (primary N) is 1. The van der Waals surface area contributed by atoms with E-state index in [0.717, 1.165) is 25.9 Å². The van der Waals surface area contributed by atoms with Gasteiger partial charge in [0.15, 0.2) is 0 Å². The molecule has 0 saturated carbocycles. The average molecular weight is 500 g/mol. The van der Waals surface area contributed by atoms with E-state index >= 15 is 0 Å². The molecule has 0 spiro atoms. The fraction of sp³-hybridized carbons (Fsp3) is 0.577. The summed E-state index contributed by atoms with van der Waals surface area (Å²) in [6.07, 6.45) is 4.58. The number of likely N-dealkylation sites (tertiary alicyclic amines) is 2. The molecule has 0 aliphatic carbocycles. The summed E-state index contributed by atoms with van der Waals surface area (Å²) in [5, 5.41) is 5.70. The van der Waals surface area contributed by atoms with E-state index in [1.165, 1.54) is 6.42 Å². The maximum Gasteiger partial charge on any atom is 0.338 e. The molecule has 2 fully saturated rings. The quantitative estimate of drug-likeness (QED) is 0.465. The van der Waals surface area contributed by atoms with Gasteiger partial charge in [-0.25, -0.2) is 9.59 Å². The Bertz CT molecular complexity index is 1010. The highest BCUT2D eigenvalue weighted by atomic mass is 16.5. The van der Waals surface area contributed by atoms with Gasteiger partial charge in [-0.1, -0.05) is 24.6 Å². The molecular formula is C26H37N5O5. The molecule has 2 saturated heterocycles. The molecule has 196 valence electrons. The molecule has 36 heavy (non-hydrogen) atoms. The first-order chi connectivity index (χ1) is 17.4. The summed E-state index contributed by atoms with van der Waals surface area (Å²) < 4.78 is 10.9. The van der Waals surface area contributed by atoms with Gasteiger partial charge in [0.05, 0.1) is 25.3 Å². The Balaban J connectivity index is 1.60. The fourth-order valence-corrected chi connectivity index (χ4v) is 5.68. The van der Waals surface area contributed by atoms with Crippen molar-refractivity contribution >= 4 is 17.9 Å². The minimum atomic E-state index is -0.716. The third-order valence-electron chi connectivity index (χ3n) is 7.58. The highest BCUT2D eigenvalue weighted by molar-refractivity contribution is 5.95. The summed E-state index contributed by atoms with van der Waals surface area (Å²) in [6.45, 7) is 5.35. The minimum Gasteiger partial charge on any atom is -0.496 e. The smallest absolute Gasteiger partial charge is 0.338 e. The van der Waals surface area contributed by atoms with Crippen LogP contribution in [0.1, 0.15) is 50.6 Å². The van der Waals surface area contributed by atoms with E-state index in [0.29, 0.717) is 55.1 Å². The molecule has 3 aliphatic rings. The van der Waals surface area contributed by atoms with Crippen LogP contribution < -0.4 is 21.1 Å². The van der Waals surface area contributed by atoms with Gasteiger partial charge in [0.1, 0.15) is 11.3 Å². The number of carbonyl (C=O) groups excluding carboxylic acids is 3. The molecule has 3 aliphatic heterocycles. The Morgan fingerprint density at radius 1 is 1.11 bits per heavy atom. The van der Waals surface area contributed by atoms with E-state index in [9.17, 15) is 14.4 Å². The number of benzene rings is 1. The zero-order valence-corrected chi connectivity index (χ0v) is 21.2. The molecule has 1 unspecified atom stereocenters. The van der Waals surface area contributed by atoms with Crippen LogP contribution in [0.3, 0.4) is 0 Å². The molecule has 3 heterocycles. The lowest BCUT2D eigenvalue weighted by Gasteiger charge is -2.48. The lowest BCUT2D eigenvalue weighted by atomic mass is 9.83. The number of methoxy groups -OCH3 is 1. The van der Waals surface area contributed by atoms with Crippen molar-refractivity contribution in [3.8, 4) is 5.75 Å². The first-order valence-electron chi connectivity index (χ1n) is 12.8. The van der Waals surface area contributed by atoms with Crippen LogP contribution in [0, 0.1) is 0 Å². The van der Waals surface area contributed by atoms with Gasteiger partial charge in [-0.15, -0.1) is 0 Å². The lowest BCUT2D eigenvalue weighted by Crippen LogP contribution is -2.63. The zero-order valence-electron chi connectivity index (χ0n) is 21.2. The first-order valence-corrected chi connectivity index (χ1v) is 12.8. The molecule has 0 radical (unpaired) electrons. The van der Waals surface area contributed by atoms with E-state index in [-0.39, 0.29) is 12.5 Å². The van der Waals surface area contributed by atoms with Crippen LogP contribution >= 0.6 is 0 Å². The maximum atomic E-state index is 13.1. The molecule has 3 amide bonds. The Hall–Kier alpha value is -3.11. The summed E-state index contributed by atoms with van der Waals surface area (Å²) in [5.74, 6) is -0.189. The van der Waals surface area contributed by atoms with Gasteiger partial charge in [-0.3, -0.25) is 14.6 Å². The van der Waals surface area contributed by atoms with E-state index in [1.54, 1.807) is 20.1 Å². The Morgan fingerprint density at radius 2 is 1.81 bits per heavy atom. The number of amides is 3. The van der Waals surface area contributed by atoms with Crippen molar-refractivity contribution in [2.24, 2.45) is 5.73 Å². The summed E-state index contributed by atoms with van der Waals surface area (Å²) in [6, 6.07) is 6.18. The molecule has 0 bridgehead atoms. The number of para-hydroxylation sites is 1. The van der Waals surface area contributed by atoms with Crippen LogP contribution in [0.15, 0.2) is 35.5 Å². The number of nitrogens with one attached hydrogen (secondary N) is 2. The van der Waals surface area contributed by atoms with E-state index in [2.05, 4.69) is 20.4 Å². The number of carbonyl (C=O) groups is 3. The predicted octanol–water partition coefficient (Wildman–Crippen LogP) is 1.67. The Kier molecular flexibility index (Phi) is 8.15. The number of nitrogens with zero attached hydrogens (tertiary/aromatic N) is 2. The van der Waals surface area contributed by atoms with Crippen LogP contribution in [0.2, 0.25) is 0 Å². The van der Waals surface area contributed by atoms with Crippen LogP contribution in [0.4, 0.5) is 4.79 Å². The van der Waals surface area contributed by atoms with Gasteiger partial charge >= 0.3 is 12.0 Å². The second kappa shape index (κ2) is 11.3. The van der Waals surface area contributed by atoms with Crippen molar-refractivity contribution in [2.45, 2.75) is 50.6 Å². The second-order valence-corrected chi connectivity index (χ2v) is 9.61. The van der Waals surface area contributed by atoms with Gasteiger partial charge in [0.25, 0.3) is 0 Å². The molecule has 1 atom stereocenters. The fourth-order valence-electron chi connectivity index (χ4n) is 5.68. The van der Waals surface area contributed by atoms with Crippen LogP contribution in [-0.2, 0) is 14.3 Å². The molecule has 4 rings (SSSR count). The van der Waals surface area contributed by atoms with Crippen molar-refractivity contribution in [2.75, 3.05) is 46.4 Å². The largest absolute Gasteiger partial charge is 0.496 e. The Morgan fingerprint density at radius 3 is 2.44 bits per heavy atom. The number of primary amides is 1. The number of hydrogen-bond acceptors (Lipinski definition) is 7. The van der Waals surface area contributed by atoms with Gasteiger partial charge in [0.2, 0.25) is 5.91 Å². The summed E-state index contributed by atoms with van der Waals surface area (Å²) >= 11 is 0. The molecule has 10 nitrogen and oxygen atoms in total. The van der Waals surface area contributed by atoms with Crippen molar-refractivity contribution in [3.05, 3.63) is 41.1 Å². The van der Waals surface area contributed by atoms with Gasteiger partial charge in [0, 0.05) is 30.9 Å². The van der Waals surface area contributed by atoms with Crippen molar-refractivity contribution in [3.63, 3.8) is 0 Å². The number of urea groups is 1. The highest BCUT2D eigenvalue weighted by Crippen LogP contribution is 2.35. The number of ether oxygens (including phenoxy) is 2. The highest BCUT2D eigenvalue weighted by Gasteiger charge is 2.45. The zero-order chi connectivity index (χ0) is 25.7. The monoisotopic (exact) mass is 499 g/mol. The third kappa shape index (κ3) is 5.19. The number of rotatable bonds is 8. The van der Waals surface area contributed by atoms with Crippen molar-refractivity contribution in [1.82, 2.24) is 20.4 Å². The van der Waals surface area contributed by atoms with E-state index in [4.69, 9.17) is 15.2 Å². The summed E-state index contributed by atoms with van der Waals surface area (Å²) in [7, 11) is 1.55. The maximum absolute atomic E-state index is 13.1. The topological polar surface area (TPSA) is 126 Å². The predicted molar refractivity (Wildman–Crippen MR) is 134 cm³/mol.